The lowest BCUT2D eigenvalue weighted by atomic mass is 10.0. The van der Waals surface area contributed by atoms with Crippen molar-refractivity contribution in [1.82, 2.24) is 4.72 Å². The molecule has 1 atom stereocenters. The third kappa shape index (κ3) is 3.25. The van der Waals surface area contributed by atoms with Crippen molar-refractivity contribution in [3.05, 3.63) is 53.6 Å². The first-order valence-corrected chi connectivity index (χ1v) is 9.42. The van der Waals surface area contributed by atoms with E-state index in [2.05, 4.69) is 4.72 Å². The quantitative estimate of drug-likeness (QED) is 0.903. The number of sulfonamides is 1. The van der Waals surface area contributed by atoms with Crippen molar-refractivity contribution in [3.8, 4) is 11.5 Å². The number of nitrogens with one attached hydrogen (secondary N) is 1. The zero-order chi connectivity index (χ0) is 17.2. The monoisotopic (exact) mass is 347 g/mol. The van der Waals surface area contributed by atoms with Crippen molar-refractivity contribution in [2.75, 3.05) is 13.7 Å². The summed E-state index contributed by atoms with van der Waals surface area (Å²) in [6.07, 6.45) is 1.23. The summed E-state index contributed by atoms with van der Waals surface area (Å²) in [5.74, 6) is 1.37. The van der Waals surface area contributed by atoms with Gasteiger partial charge in [-0.2, -0.15) is 0 Å². The lowest BCUT2D eigenvalue weighted by Crippen LogP contribution is -2.42. The van der Waals surface area contributed by atoms with Gasteiger partial charge in [0.1, 0.15) is 6.61 Å². The number of ether oxygens (including phenoxy) is 2. The van der Waals surface area contributed by atoms with Gasteiger partial charge in [-0.15, -0.1) is 0 Å². The van der Waals surface area contributed by atoms with Crippen LogP contribution in [0.25, 0.3) is 0 Å². The molecule has 0 amide bonds. The van der Waals surface area contributed by atoms with Crippen LogP contribution in [0.4, 0.5) is 0 Å². The van der Waals surface area contributed by atoms with E-state index in [9.17, 15) is 8.42 Å². The first kappa shape index (κ1) is 16.8. The minimum Gasteiger partial charge on any atom is -0.493 e. The summed E-state index contributed by atoms with van der Waals surface area (Å²) in [5, 5.41) is 0. The first-order valence-electron chi connectivity index (χ1n) is 7.94. The van der Waals surface area contributed by atoms with Crippen molar-refractivity contribution in [2.45, 2.75) is 30.7 Å². The highest BCUT2D eigenvalue weighted by molar-refractivity contribution is 7.89. The van der Waals surface area contributed by atoms with Gasteiger partial charge in [0, 0.05) is 0 Å². The highest BCUT2D eigenvalue weighted by atomic mass is 32.2. The summed E-state index contributed by atoms with van der Waals surface area (Å²) in [4.78, 5) is 0.337. The molecule has 2 aromatic carbocycles. The second-order valence-electron chi connectivity index (χ2n) is 5.74. The Morgan fingerprint density at radius 3 is 2.75 bits per heavy atom. The molecule has 6 heteroatoms. The number of methoxy groups -OCH3 is 1. The molecule has 0 saturated heterocycles. The van der Waals surface area contributed by atoms with E-state index >= 15 is 0 Å². The Morgan fingerprint density at radius 1 is 1.21 bits per heavy atom. The maximum atomic E-state index is 12.7. The molecule has 1 aliphatic heterocycles. The van der Waals surface area contributed by atoms with Crippen LogP contribution >= 0.6 is 0 Å². The Bertz CT molecular complexity index is 833. The molecule has 0 saturated carbocycles. The van der Waals surface area contributed by atoms with E-state index in [-0.39, 0.29) is 12.6 Å². The lowest BCUT2D eigenvalue weighted by Gasteiger charge is -2.27. The minimum absolute atomic E-state index is 0.279. The van der Waals surface area contributed by atoms with Gasteiger partial charge in [-0.3, -0.25) is 0 Å². The van der Waals surface area contributed by atoms with Crippen LogP contribution in [0.2, 0.25) is 0 Å². The molecule has 1 heterocycles. The summed E-state index contributed by atoms with van der Waals surface area (Å²) in [5.41, 5.74) is 1.75. The van der Waals surface area contributed by atoms with Crippen LogP contribution in [0.5, 0.6) is 11.5 Å². The SMILES string of the molecule is CCc1ccccc1S(=O)(=O)N[C@@H]1COc2c(cccc2OC)C1. The van der Waals surface area contributed by atoms with Gasteiger partial charge in [-0.1, -0.05) is 37.3 Å². The van der Waals surface area contributed by atoms with Crippen molar-refractivity contribution in [1.29, 1.82) is 0 Å². The molecule has 0 aliphatic carbocycles. The van der Waals surface area contributed by atoms with Crippen LogP contribution in [-0.2, 0) is 22.9 Å². The first-order chi connectivity index (χ1) is 11.5. The summed E-state index contributed by atoms with van der Waals surface area (Å²) in [7, 11) is -1.99. The molecule has 0 unspecified atom stereocenters. The third-order valence-corrected chi connectivity index (χ3v) is 5.76. The summed E-state index contributed by atoms with van der Waals surface area (Å²) in [6, 6.07) is 12.4. The summed E-state index contributed by atoms with van der Waals surface area (Å²) >= 11 is 0. The van der Waals surface area contributed by atoms with Crippen LogP contribution in [0, 0.1) is 0 Å². The third-order valence-electron chi connectivity index (χ3n) is 4.14. The van der Waals surface area contributed by atoms with Crippen molar-refractivity contribution >= 4 is 10.0 Å². The lowest BCUT2D eigenvalue weighted by molar-refractivity contribution is 0.240. The van der Waals surface area contributed by atoms with Crippen LogP contribution in [0.1, 0.15) is 18.1 Å². The number of fused-ring (bicyclic) bond motifs is 1. The summed E-state index contributed by atoms with van der Waals surface area (Å²) < 4.78 is 39.2. The predicted molar refractivity (Wildman–Crippen MR) is 92.1 cm³/mol. The highest BCUT2D eigenvalue weighted by Crippen LogP contribution is 2.34. The molecule has 0 bridgehead atoms. The maximum Gasteiger partial charge on any atom is 0.241 e. The molecule has 0 radical (unpaired) electrons. The summed E-state index contributed by atoms with van der Waals surface area (Å²) in [6.45, 7) is 2.22. The average Bonchev–Trinajstić information content (AvgIpc) is 2.60. The molecule has 0 spiro atoms. The molecule has 2 aromatic rings. The van der Waals surface area contributed by atoms with Crippen LogP contribution in [0.15, 0.2) is 47.4 Å². The van der Waals surface area contributed by atoms with Crippen molar-refractivity contribution in [3.63, 3.8) is 0 Å². The number of rotatable bonds is 5. The number of hydrogen-bond donors (Lipinski definition) is 1. The predicted octanol–water partition coefficient (Wildman–Crippen LogP) is 2.54. The van der Waals surface area contributed by atoms with E-state index < -0.39 is 10.0 Å². The molecule has 1 aliphatic rings. The van der Waals surface area contributed by atoms with Crippen LogP contribution in [-0.4, -0.2) is 28.2 Å². The van der Waals surface area contributed by atoms with Crippen LogP contribution < -0.4 is 14.2 Å². The second-order valence-corrected chi connectivity index (χ2v) is 7.43. The zero-order valence-electron chi connectivity index (χ0n) is 13.8. The molecule has 24 heavy (non-hydrogen) atoms. The van der Waals surface area contributed by atoms with E-state index in [1.807, 2.05) is 37.3 Å². The highest BCUT2D eigenvalue weighted by Gasteiger charge is 2.27. The maximum absolute atomic E-state index is 12.7. The standard InChI is InChI=1S/C18H21NO4S/c1-3-13-7-4-5-10-17(13)24(20,21)19-15-11-14-8-6-9-16(22-2)18(14)23-12-15/h4-10,15,19H,3,11-12H2,1-2H3/t15-/m0/s1. The Balaban J connectivity index is 1.82. The van der Waals surface area contributed by atoms with Gasteiger partial charge in [-0.25, -0.2) is 13.1 Å². The minimum atomic E-state index is -3.58. The Morgan fingerprint density at radius 2 is 2.00 bits per heavy atom. The van der Waals surface area contributed by atoms with Gasteiger partial charge in [-0.05, 0) is 36.1 Å². The molecular weight excluding hydrogens is 326 g/mol. The Kier molecular flexibility index (Phi) is 4.78. The van der Waals surface area contributed by atoms with E-state index in [0.29, 0.717) is 29.2 Å². The fourth-order valence-electron chi connectivity index (χ4n) is 2.97. The average molecular weight is 347 g/mol. The van der Waals surface area contributed by atoms with E-state index in [0.717, 1.165) is 11.1 Å². The smallest absolute Gasteiger partial charge is 0.241 e. The Hall–Kier alpha value is -2.05. The number of benzene rings is 2. The van der Waals surface area contributed by atoms with Gasteiger partial charge >= 0.3 is 0 Å². The van der Waals surface area contributed by atoms with Crippen molar-refractivity contribution < 1.29 is 17.9 Å². The molecule has 1 N–H and O–H groups in total. The van der Waals surface area contributed by atoms with Gasteiger partial charge in [0.15, 0.2) is 11.5 Å². The Labute approximate surface area is 142 Å². The number of aryl methyl sites for hydroxylation is 1. The van der Waals surface area contributed by atoms with Gasteiger partial charge < -0.3 is 9.47 Å². The van der Waals surface area contributed by atoms with Gasteiger partial charge in [0.05, 0.1) is 18.0 Å². The molecule has 0 aromatic heterocycles. The number of hydrogen-bond acceptors (Lipinski definition) is 4. The number of para-hydroxylation sites is 1. The van der Waals surface area contributed by atoms with Gasteiger partial charge in [0.2, 0.25) is 10.0 Å². The molecular formula is C18H21NO4S. The zero-order valence-corrected chi connectivity index (χ0v) is 14.6. The van der Waals surface area contributed by atoms with E-state index in [4.69, 9.17) is 9.47 Å². The van der Waals surface area contributed by atoms with Crippen molar-refractivity contribution in [2.24, 2.45) is 0 Å². The fraction of sp³-hybridized carbons (Fsp3) is 0.333. The molecule has 0 fully saturated rings. The normalized spacial score (nSPS) is 17.0. The second kappa shape index (κ2) is 6.83. The van der Waals surface area contributed by atoms with Crippen LogP contribution in [0.3, 0.4) is 0 Å². The van der Waals surface area contributed by atoms with E-state index in [1.54, 1.807) is 19.2 Å². The largest absolute Gasteiger partial charge is 0.493 e. The van der Waals surface area contributed by atoms with E-state index in [1.165, 1.54) is 0 Å². The molecule has 3 rings (SSSR count). The topological polar surface area (TPSA) is 64.6 Å². The van der Waals surface area contributed by atoms with Gasteiger partial charge in [0.25, 0.3) is 0 Å². The molecule has 5 nitrogen and oxygen atoms in total. The molecule has 128 valence electrons. The fourth-order valence-corrected chi connectivity index (χ4v) is 4.50.